The van der Waals surface area contributed by atoms with Crippen LogP contribution in [0, 0.1) is 10.1 Å². The minimum Gasteiger partial charge on any atom is -0.493 e. The van der Waals surface area contributed by atoms with E-state index in [2.05, 4.69) is 0 Å². The number of nitro benzene ring substituents is 1. The van der Waals surface area contributed by atoms with Gasteiger partial charge in [0, 0.05) is 25.1 Å². The van der Waals surface area contributed by atoms with Gasteiger partial charge in [-0.2, -0.15) is 0 Å². The monoisotopic (exact) mass is 340 g/mol. The van der Waals surface area contributed by atoms with Crippen molar-refractivity contribution in [2.75, 3.05) is 13.7 Å². The molecule has 6 nitrogen and oxygen atoms in total. The molecule has 0 radical (unpaired) electrons. The largest absolute Gasteiger partial charge is 0.493 e. The first-order chi connectivity index (χ1) is 12.1. The van der Waals surface area contributed by atoms with E-state index in [1.165, 1.54) is 6.07 Å². The Kier molecular flexibility index (Phi) is 4.97. The fraction of sp³-hybridized carbons (Fsp3) is 0.316. The third-order valence-electron chi connectivity index (χ3n) is 4.53. The Morgan fingerprint density at radius 3 is 2.76 bits per heavy atom. The van der Waals surface area contributed by atoms with Crippen molar-refractivity contribution in [2.45, 2.75) is 25.3 Å². The van der Waals surface area contributed by atoms with Crippen molar-refractivity contribution in [3.63, 3.8) is 0 Å². The fourth-order valence-corrected chi connectivity index (χ4v) is 3.16. The molecule has 1 amide bonds. The van der Waals surface area contributed by atoms with E-state index in [1.807, 2.05) is 24.3 Å². The van der Waals surface area contributed by atoms with Gasteiger partial charge in [-0.25, -0.2) is 0 Å². The smallest absolute Gasteiger partial charge is 0.274 e. The lowest BCUT2D eigenvalue weighted by molar-refractivity contribution is -0.385. The molecule has 2 aromatic rings. The fourth-order valence-electron chi connectivity index (χ4n) is 3.16. The number of ether oxygens (including phenoxy) is 1. The van der Waals surface area contributed by atoms with Crippen LogP contribution in [0.2, 0.25) is 0 Å². The van der Waals surface area contributed by atoms with E-state index in [1.54, 1.807) is 30.1 Å². The highest BCUT2D eigenvalue weighted by Gasteiger charge is 2.25. The Morgan fingerprint density at radius 1 is 1.24 bits per heavy atom. The van der Waals surface area contributed by atoms with Crippen LogP contribution >= 0.6 is 0 Å². The molecule has 1 atom stereocenters. The molecule has 2 aromatic carbocycles. The van der Waals surface area contributed by atoms with Crippen LogP contribution in [0.5, 0.6) is 5.75 Å². The number of carbonyl (C=O) groups excluding carboxylic acids is 1. The van der Waals surface area contributed by atoms with Crippen molar-refractivity contribution in [3.05, 3.63) is 69.8 Å². The molecule has 1 heterocycles. The first-order valence-corrected chi connectivity index (χ1v) is 8.24. The van der Waals surface area contributed by atoms with Gasteiger partial charge in [-0.05, 0) is 24.0 Å². The number of nitro groups is 1. The first-order valence-electron chi connectivity index (χ1n) is 8.24. The van der Waals surface area contributed by atoms with Gasteiger partial charge in [0.2, 0.25) is 5.91 Å². The van der Waals surface area contributed by atoms with Crippen molar-refractivity contribution in [1.82, 2.24) is 4.90 Å². The predicted octanol–water partition coefficient (Wildman–Crippen LogP) is 3.51. The molecule has 0 N–H and O–H groups in total. The van der Waals surface area contributed by atoms with Gasteiger partial charge < -0.3 is 9.64 Å². The lowest BCUT2D eigenvalue weighted by Gasteiger charge is -2.27. The van der Waals surface area contributed by atoms with Crippen LogP contribution in [0.25, 0.3) is 0 Å². The predicted molar refractivity (Wildman–Crippen MR) is 93.5 cm³/mol. The Hall–Kier alpha value is -2.89. The van der Waals surface area contributed by atoms with Crippen LogP contribution in [-0.2, 0) is 11.3 Å². The third kappa shape index (κ3) is 3.79. The van der Waals surface area contributed by atoms with Crippen molar-refractivity contribution >= 4 is 11.6 Å². The summed E-state index contributed by atoms with van der Waals surface area (Å²) in [5.74, 6) is 0.929. The third-order valence-corrected chi connectivity index (χ3v) is 4.53. The molecule has 1 aliphatic rings. The van der Waals surface area contributed by atoms with Crippen LogP contribution in [0.1, 0.15) is 29.9 Å². The topological polar surface area (TPSA) is 72.7 Å². The Balaban J connectivity index is 1.69. The molecule has 0 fully saturated rings. The lowest BCUT2D eigenvalue weighted by atomic mass is 9.90. The van der Waals surface area contributed by atoms with Gasteiger partial charge in [0.1, 0.15) is 5.75 Å². The molecule has 3 rings (SSSR count). The zero-order chi connectivity index (χ0) is 17.8. The quantitative estimate of drug-likeness (QED) is 0.617. The minimum atomic E-state index is -0.414. The number of rotatable bonds is 5. The highest BCUT2D eigenvalue weighted by Crippen LogP contribution is 2.35. The highest BCUT2D eigenvalue weighted by molar-refractivity contribution is 5.77. The van der Waals surface area contributed by atoms with Crippen molar-refractivity contribution in [2.24, 2.45) is 0 Å². The maximum absolute atomic E-state index is 12.6. The number of fused-ring (bicyclic) bond motifs is 1. The van der Waals surface area contributed by atoms with Gasteiger partial charge in [0.15, 0.2) is 0 Å². The molecular formula is C19H20N2O4. The van der Waals surface area contributed by atoms with Gasteiger partial charge in [-0.1, -0.05) is 36.4 Å². The Bertz CT molecular complexity index is 790. The molecule has 1 aliphatic heterocycles. The van der Waals surface area contributed by atoms with Crippen LogP contribution in [0.15, 0.2) is 48.5 Å². The number of nitrogens with zero attached hydrogens (tertiary/aromatic N) is 2. The summed E-state index contributed by atoms with van der Waals surface area (Å²) in [6, 6.07) is 14.3. The summed E-state index contributed by atoms with van der Waals surface area (Å²) in [6.07, 6.45) is 1.17. The van der Waals surface area contributed by atoms with Crippen LogP contribution in [0.3, 0.4) is 0 Å². The van der Waals surface area contributed by atoms with E-state index in [0.29, 0.717) is 18.6 Å². The molecule has 130 valence electrons. The molecule has 25 heavy (non-hydrogen) atoms. The molecule has 0 saturated heterocycles. The van der Waals surface area contributed by atoms with Crippen LogP contribution < -0.4 is 4.74 Å². The number of hydrogen-bond donors (Lipinski definition) is 0. The standard InChI is InChI=1S/C19H20N2O4/c1-20(13-15-6-2-4-8-17(15)21(23)24)19(22)12-14-10-11-25-18-9-5-3-7-16(14)18/h2-9,14H,10-13H2,1H3/t14-/m1/s1. The second-order valence-corrected chi connectivity index (χ2v) is 6.21. The summed E-state index contributed by atoms with van der Waals surface area (Å²) >= 11 is 0. The Labute approximate surface area is 146 Å². The molecular weight excluding hydrogens is 320 g/mol. The average Bonchev–Trinajstić information content (AvgIpc) is 2.62. The summed E-state index contributed by atoms with van der Waals surface area (Å²) in [7, 11) is 1.68. The Morgan fingerprint density at radius 2 is 1.96 bits per heavy atom. The second kappa shape index (κ2) is 7.34. The maximum atomic E-state index is 12.6. The molecule has 0 aliphatic carbocycles. The van der Waals surface area contributed by atoms with E-state index in [4.69, 9.17) is 4.74 Å². The normalized spacial score (nSPS) is 15.8. The molecule has 0 saturated carbocycles. The van der Waals surface area contributed by atoms with Gasteiger partial charge >= 0.3 is 0 Å². The van der Waals surface area contributed by atoms with Crippen molar-refractivity contribution < 1.29 is 14.5 Å². The summed E-state index contributed by atoms with van der Waals surface area (Å²) in [4.78, 5) is 24.9. The number of carbonyl (C=O) groups is 1. The molecule has 6 heteroatoms. The molecule has 0 aromatic heterocycles. The SMILES string of the molecule is CN(Cc1ccccc1[N+](=O)[O-])C(=O)C[C@H]1CCOc2ccccc21. The van der Waals surface area contributed by atoms with Gasteiger partial charge in [-0.15, -0.1) is 0 Å². The first kappa shape index (κ1) is 17.0. The highest BCUT2D eigenvalue weighted by atomic mass is 16.6. The van der Waals surface area contributed by atoms with Gasteiger partial charge in [0.25, 0.3) is 5.69 Å². The van der Waals surface area contributed by atoms with Crippen molar-refractivity contribution in [3.8, 4) is 5.75 Å². The van der Waals surface area contributed by atoms with Gasteiger partial charge in [-0.3, -0.25) is 14.9 Å². The summed E-state index contributed by atoms with van der Waals surface area (Å²) in [5.41, 5.74) is 1.63. The number of hydrogen-bond acceptors (Lipinski definition) is 4. The maximum Gasteiger partial charge on any atom is 0.274 e. The molecule has 0 unspecified atom stereocenters. The summed E-state index contributed by atoms with van der Waals surface area (Å²) < 4.78 is 5.63. The van der Waals surface area contributed by atoms with Crippen molar-refractivity contribution in [1.29, 1.82) is 0 Å². The van der Waals surface area contributed by atoms with E-state index in [0.717, 1.165) is 17.7 Å². The number of benzene rings is 2. The number of para-hydroxylation sites is 2. The van der Waals surface area contributed by atoms with Crippen LogP contribution in [0.4, 0.5) is 5.69 Å². The van der Waals surface area contributed by atoms with Gasteiger partial charge in [0.05, 0.1) is 18.1 Å². The summed E-state index contributed by atoms with van der Waals surface area (Å²) in [6.45, 7) is 0.823. The van der Waals surface area contributed by atoms with E-state index < -0.39 is 4.92 Å². The second-order valence-electron chi connectivity index (χ2n) is 6.21. The summed E-state index contributed by atoms with van der Waals surface area (Å²) in [5, 5.41) is 11.1. The molecule has 0 spiro atoms. The zero-order valence-electron chi connectivity index (χ0n) is 14.1. The average molecular weight is 340 g/mol. The van der Waals surface area contributed by atoms with Crippen LogP contribution in [-0.4, -0.2) is 29.4 Å². The van der Waals surface area contributed by atoms with E-state index >= 15 is 0 Å². The number of amides is 1. The molecule has 0 bridgehead atoms. The minimum absolute atomic E-state index is 0.0279. The zero-order valence-corrected chi connectivity index (χ0v) is 14.1. The van der Waals surface area contributed by atoms with E-state index in [9.17, 15) is 14.9 Å². The lowest BCUT2D eigenvalue weighted by Crippen LogP contribution is -2.29. The van der Waals surface area contributed by atoms with E-state index in [-0.39, 0.29) is 24.1 Å².